The van der Waals surface area contributed by atoms with Crippen LogP contribution < -0.4 is 15.4 Å². The van der Waals surface area contributed by atoms with Gasteiger partial charge in [0.05, 0.1) is 19.3 Å². The van der Waals surface area contributed by atoms with E-state index in [1.54, 1.807) is 12.3 Å². The first-order valence-electron chi connectivity index (χ1n) is 9.18. The van der Waals surface area contributed by atoms with Gasteiger partial charge in [-0.25, -0.2) is 15.0 Å². The van der Waals surface area contributed by atoms with Gasteiger partial charge in [0.25, 0.3) is 0 Å². The van der Waals surface area contributed by atoms with Gasteiger partial charge in [0, 0.05) is 24.2 Å². The zero-order chi connectivity index (χ0) is 21.5. The maximum Gasteiger partial charge on any atom is 0.422 e. The molecule has 2 aromatic heterocycles. The van der Waals surface area contributed by atoms with Gasteiger partial charge in [0.2, 0.25) is 11.8 Å². The van der Waals surface area contributed by atoms with Gasteiger partial charge in [-0.15, -0.1) is 24.0 Å². The summed E-state index contributed by atoms with van der Waals surface area (Å²) in [5, 5.41) is 6.24. The Morgan fingerprint density at radius 3 is 2.40 bits per heavy atom. The van der Waals surface area contributed by atoms with E-state index in [0.29, 0.717) is 31.5 Å². The molecular weight excluding hydrogens is 514 g/mol. The van der Waals surface area contributed by atoms with Gasteiger partial charge in [-0.05, 0) is 12.5 Å². The number of aromatic nitrogens is 2. The maximum absolute atomic E-state index is 12.2. The predicted octanol–water partition coefficient (Wildman–Crippen LogP) is 4.18. The fourth-order valence-electron chi connectivity index (χ4n) is 2.16. The molecule has 0 saturated carbocycles. The standard InChI is InChI=1S/C19H26F3N5O2.HI/c1-5-23-17(27-11-16-25-10-14(29-16)18(2,3)4)26-9-13-6-7-15(24-8-13)28-12-19(20,21)22;/h6-8,10H,5,9,11-12H2,1-4H3,(H2,23,26,27);1H. The van der Waals surface area contributed by atoms with Crippen LogP contribution in [-0.2, 0) is 18.5 Å². The first kappa shape index (κ1) is 26.0. The van der Waals surface area contributed by atoms with Crippen LogP contribution in [0.25, 0.3) is 0 Å². The van der Waals surface area contributed by atoms with Gasteiger partial charge in [-0.3, -0.25) is 0 Å². The van der Waals surface area contributed by atoms with Crippen LogP contribution in [0, 0.1) is 0 Å². The second-order valence-corrected chi connectivity index (χ2v) is 7.33. The highest BCUT2D eigenvalue weighted by atomic mass is 127. The number of hydrogen-bond acceptors (Lipinski definition) is 5. The van der Waals surface area contributed by atoms with Crippen molar-refractivity contribution in [1.82, 2.24) is 20.6 Å². The largest absolute Gasteiger partial charge is 0.468 e. The molecule has 0 aromatic carbocycles. The normalized spacial score (nSPS) is 12.3. The van der Waals surface area contributed by atoms with Crippen LogP contribution in [0.4, 0.5) is 13.2 Å². The molecule has 0 aliphatic rings. The van der Waals surface area contributed by atoms with Gasteiger partial charge in [-0.1, -0.05) is 26.8 Å². The molecule has 0 aliphatic carbocycles. The Morgan fingerprint density at radius 1 is 1.13 bits per heavy atom. The summed E-state index contributed by atoms with van der Waals surface area (Å²) in [6.45, 7) is 8.02. The molecule has 0 saturated heterocycles. The van der Waals surface area contributed by atoms with Crippen molar-refractivity contribution in [3.8, 4) is 5.88 Å². The van der Waals surface area contributed by atoms with Gasteiger partial charge in [0.15, 0.2) is 12.6 Å². The fourth-order valence-corrected chi connectivity index (χ4v) is 2.16. The second kappa shape index (κ2) is 11.4. The van der Waals surface area contributed by atoms with E-state index in [4.69, 9.17) is 4.42 Å². The quantitative estimate of drug-likeness (QED) is 0.311. The first-order valence-corrected chi connectivity index (χ1v) is 9.18. The van der Waals surface area contributed by atoms with E-state index in [1.807, 2.05) is 27.7 Å². The highest BCUT2D eigenvalue weighted by Gasteiger charge is 2.28. The number of halogens is 4. The smallest absolute Gasteiger partial charge is 0.422 e. The van der Waals surface area contributed by atoms with Gasteiger partial charge in [-0.2, -0.15) is 13.2 Å². The maximum atomic E-state index is 12.2. The van der Waals surface area contributed by atoms with Crippen LogP contribution in [0.1, 0.15) is 44.9 Å². The molecule has 30 heavy (non-hydrogen) atoms. The third kappa shape index (κ3) is 9.18. The van der Waals surface area contributed by atoms with Gasteiger partial charge in [0.1, 0.15) is 5.76 Å². The molecule has 0 aliphatic heterocycles. The van der Waals surface area contributed by atoms with Crippen molar-refractivity contribution in [2.75, 3.05) is 13.2 Å². The van der Waals surface area contributed by atoms with E-state index < -0.39 is 12.8 Å². The Morgan fingerprint density at radius 2 is 1.87 bits per heavy atom. The number of pyridine rings is 1. The number of oxazole rings is 1. The molecule has 168 valence electrons. The number of ether oxygens (including phenoxy) is 1. The van der Waals surface area contributed by atoms with E-state index >= 15 is 0 Å². The van der Waals surface area contributed by atoms with Crippen molar-refractivity contribution in [3.63, 3.8) is 0 Å². The topological polar surface area (TPSA) is 84.6 Å². The molecule has 0 atom stereocenters. The Balaban J connectivity index is 0.00000450. The first-order chi connectivity index (χ1) is 13.6. The van der Waals surface area contributed by atoms with Crippen LogP contribution in [0.2, 0.25) is 0 Å². The molecule has 11 heteroatoms. The Bertz CT molecular complexity index is 802. The average molecular weight is 541 g/mol. The summed E-state index contributed by atoms with van der Waals surface area (Å²) in [5.74, 6) is 1.82. The molecule has 0 spiro atoms. The van der Waals surface area contributed by atoms with Gasteiger partial charge >= 0.3 is 6.18 Å². The summed E-state index contributed by atoms with van der Waals surface area (Å²) in [4.78, 5) is 12.6. The van der Waals surface area contributed by atoms with Crippen LogP contribution in [0.3, 0.4) is 0 Å². The lowest BCUT2D eigenvalue weighted by atomic mass is 9.94. The lowest BCUT2D eigenvalue weighted by Gasteiger charge is -2.13. The predicted molar refractivity (Wildman–Crippen MR) is 118 cm³/mol. The number of nitrogens with one attached hydrogen (secondary N) is 2. The molecule has 0 radical (unpaired) electrons. The molecule has 2 rings (SSSR count). The van der Waals surface area contributed by atoms with E-state index in [0.717, 1.165) is 11.3 Å². The summed E-state index contributed by atoms with van der Waals surface area (Å²) < 4.78 is 46.8. The highest BCUT2D eigenvalue weighted by Crippen LogP contribution is 2.22. The van der Waals surface area contributed by atoms with E-state index in [2.05, 4.69) is 30.3 Å². The number of guanidine groups is 1. The molecular formula is C19H27F3IN5O2. The van der Waals surface area contributed by atoms with Crippen LogP contribution in [0.5, 0.6) is 5.88 Å². The van der Waals surface area contributed by atoms with E-state index in [-0.39, 0.29) is 35.3 Å². The molecule has 0 fully saturated rings. The zero-order valence-electron chi connectivity index (χ0n) is 17.3. The molecule has 7 nitrogen and oxygen atoms in total. The van der Waals surface area contributed by atoms with Crippen LogP contribution in [0.15, 0.2) is 33.9 Å². The number of rotatable bonds is 7. The van der Waals surface area contributed by atoms with Crippen molar-refractivity contribution in [3.05, 3.63) is 41.7 Å². The van der Waals surface area contributed by atoms with E-state index in [1.165, 1.54) is 12.3 Å². The van der Waals surface area contributed by atoms with E-state index in [9.17, 15) is 13.2 Å². The summed E-state index contributed by atoms with van der Waals surface area (Å²) in [6, 6.07) is 3.01. The third-order valence-electron chi connectivity index (χ3n) is 3.65. The Hall–Kier alpha value is -2.05. The Labute approximate surface area is 190 Å². The third-order valence-corrected chi connectivity index (χ3v) is 3.65. The van der Waals surface area contributed by atoms with Crippen molar-refractivity contribution >= 4 is 29.9 Å². The number of nitrogens with zero attached hydrogens (tertiary/aromatic N) is 3. The summed E-state index contributed by atoms with van der Waals surface area (Å²) in [5.41, 5.74) is 0.611. The summed E-state index contributed by atoms with van der Waals surface area (Å²) >= 11 is 0. The van der Waals surface area contributed by atoms with Crippen LogP contribution in [-0.4, -0.2) is 35.3 Å². The number of alkyl halides is 3. The SMILES string of the molecule is CCNC(=NCc1ccc(OCC(F)(F)F)nc1)NCc1ncc(C(C)(C)C)o1.I. The minimum absolute atomic E-state index is 0. The molecule has 0 unspecified atom stereocenters. The van der Waals surface area contributed by atoms with Crippen molar-refractivity contribution in [1.29, 1.82) is 0 Å². The second-order valence-electron chi connectivity index (χ2n) is 7.33. The fraction of sp³-hybridized carbons (Fsp3) is 0.526. The molecule has 2 N–H and O–H groups in total. The summed E-state index contributed by atoms with van der Waals surface area (Å²) in [6.07, 6.45) is -1.24. The lowest BCUT2D eigenvalue weighted by molar-refractivity contribution is -0.154. The van der Waals surface area contributed by atoms with Crippen LogP contribution >= 0.6 is 24.0 Å². The molecule has 2 aromatic rings. The molecule has 0 amide bonds. The van der Waals surface area contributed by atoms with Gasteiger partial charge < -0.3 is 19.8 Å². The number of hydrogen-bond donors (Lipinski definition) is 2. The van der Waals surface area contributed by atoms with Crippen molar-refractivity contribution in [2.45, 2.75) is 52.4 Å². The highest BCUT2D eigenvalue weighted by molar-refractivity contribution is 14.0. The minimum Gasteiger partial charge on any atom is -0.468 e. The minimum atomic E-state index is -4.40. The Kier molecular flexibility index (Phi) is 9.85. The monoisotopic (exact) mass is 541 g/mol. The van der Waals surface area contributed by atoms with Crippen molar-refractivity contribution in [2.24, 2.45) is 4.99 Å². The summed E-state index contributed by atoms with van der Waals surface area (Å²) in [7, 11) is 0. The van der Waals surface area contributed by atoms with Crippen molar-refractivity contribution < 1.29 is 22.3 Å². The molecule has 0 bridgehead atoms. The molecule has 2 heterocycles. The average Bonchev–Trinajstić information content (AvgIpc) is 3.12. The lowest BCUT2D eigenvalue weighted by Crippen LogP contribution is -2.36. The zero-order valence-corrected chi connectivity index (χ0v) is 19.7. The number of aliphatic imine (C=N–C) groups is 1.